The quantitative estimate of drug-likeness (QED) is 0.901. The van der Waals surface area contributed by atoms with E-state index in [1.807, 2.05) is 0 Å². The van der Waals surface area contributed by atoms with E-state index in [0.717, 1.165) is 5.56 Å². The van der Waals surface area contributed by atoms with Crippen LogP contribution in [0.25, 0.3) is 0 Å². The summed E-state index contributed by atoms with van der Waals surface area (Å²) in [5.74, 6) is -0.00775. The fourth-order valence-electron chi connectivity index (χ4n) is 1.37. The van der Waals surface area contributed by atoms with Crippen molar-refractivity contribution in [3.63, 3.8) is 0 Å². The van der Waals surface area contributed by atoms with Crippen LogP contribution in [0.4, 0.5) is 4.39 Å². The smallest absolute Gasteiger partial charge is 0.161 e. The zero-order chi connectivity index (χ0) is 12.3. The van der Waals surface area contributed by atoms with E-state index in [2.05, 4.69) is 0 Å². The standard InChI is InChI=1S/C13H10ClFO2/c14-10-7-9(5-6-11(10)15)8-17-13-4-2-1-3-12(13)16/h1-7,16H,8H2. The summed E-state index contributed by atoms with van der Waals surface area (Å²) in [6.07, 6.45) is 0. The van der Waals surface area contributed by atoms with Crippen molar-refractivity contribution in [2.24, 2.45) is 0 Å². The molecule has 0 atom stereocenters. The molecule has 0 radical (unpaired) electrons. The van der Waals surface area contributed by atoms with Gasteiger partial charge in [-0.25, -0.2) is 4.39 Å². The Labute approximate surface area is 103 Å². The van der Waals surface area contributed by atoms with Gasteiger partial charge in [0.25, 0.3) is 0 Å². The van der Waals surface area contributed by atoms with Crippen molar-refractivity contribution in [3.05, 3.63) is 58.9 Å². The van der Waals surface area contributed by atoms with E-state index in [9.17, 15) is 9.50 Å². The first kappa shape index (κ1) is 11.7. The van der Waals surface area contributed by atoms with Gasteiger partial charge in [0.2, 0.25) is 0 Å². The van der Waals surface area contributed by atoms with Crippen LogP contribution in [0.15, 0.2) is 42.5 Å². The van der Waals surface area contributed by atoms with E-state index in [4.69, 9.17) is 16.3 Å². The zero-order valence-electron chi connectivity index (χ0n) is 8.86. The maximum Gasteiger partial charge on any atom is 0.161 e. The average Bonchev–Trinajstić information content (AvgIpc) is 2.32. The van der Waals surface area contributed by atoms with Crippen LogP contribution in [0.3, 0.4) is 0 Å². The molecule has 88 valence electrons. The molecule has 0 unspecified atom stereocenters. The van der Waals surface area contributed by atoms with Crippen molar-refractivity contribution in [3.8, 4) is 11.5 Å². The van der Waals surface area contributed by atoms with Gasteiger partial charge in [0, 0.05) is 0 Å². The van der Waals surface area contributed by atoms with E-state index < -0.39 is 5.82 Å². The third-order valence-corrected chi connectivity index (χ3v) is 2.53. The van der Waals surface area contributed by atoms with Crippen molar-refractivity contribution in [2.45, 2.75) is 6.61 Å². The number of phenols is 1. The number of ether oxygens (including phenoxy) is 1. The van der Waals surface area contributed by atoms with E-state index in [0.29, 0.717) is 5.75 Å². The first-order valence-corrected chi connectivity index (χ1v) is 5.39. The largest absolute Gasteiger partial charge is 0.504 e. The Balaban J connectivity index is 2.08. The first-order chi connectivity index (χ1) is 8.16. The van der Waals surface area contributed by atoms with Crippen LogP contribution in [-0.4, -0.2) is 5.11 Å². The normalized spacial score (nSPS) is 10.2. The third-order valence-electron chi connectivity index (χ3n) is 2.24. The molecule has 2 nitrogen and oxygen atoms in total. The molecule has 1 N–H and O–H groups in total. The zero-order valence-corrected chi connectivity index (χ0v) is 9.62. The van der Waals surface area contributed by atoms with Crippen LogP contribution in [0.2, 0.25) is 5.02 Å². The number of aromatic hydroxyl groups is 1. The molecule has 0 spiro atoms. The predicted octanol–water partition coefficient (Wildman–Crippen LogP) is 3.76. The molecular weight excluding hydrogens is 243 g/mol. The summed E-state index contributed by atoms with van der Waals surface area (Å²) >= 11 is 5.65. The van der Waals surface area contributed by atoms with Gasteiger partial charge in [-0.1, -0.05) is 29.8 Å². The molecule has 0 aromatic heterocycles. The molecule has 0 heterocycles. The van der Waals surface area contributed by atoms with E-state index in [-0.39, 0.29) is 17.4 Å². The van der Waals surface area contributed by atoms with Gasteiger partial charge in [-0.3, -0.25) is 0 Å². The Morgan fingerprint density at radius 1 is 1.18 bits per heavy atom. The monoisotopic (exact) mass is 252 g/mol. The number of halogens is 2. The number of hydrogen-bond acceptors (Lipinski definition) is 2. The minimum absolute atomic E-state index is 0.0587. The van der Waals surface area contributed by atoms with Crippen LogP contribution in [-0.2, 0) is 6.61 Å². The second-order valence-corrected chi connectivity index (χ2v) is 3.91. The lowest BCUT2D eigenvalue weighted by Crippen LogP contribution is -1.96. The molecule has 2 rings (SSSR count). The molecular formula is C13H10ClFO2. The lowest BCUT2D eigenvalue weighted by atomic mass is 10.2. The van der Waals surface area contributed by atoms with Crippen LogP contribution in [0.5, 0.6) is 11.5 Å². The average molecular weight is 253 g/mol. The molecule has 2 aromatic rings. The van der Waals surface area contributed by atoms with Gasteiger partial charge in [-0.05, 0) is 29.8 Å². The summed E-state index contributed by atoms with van der Waals surface area (Å²) in [6, 6.07) is 11.0. The van der Waals surface area contributed by atoms with Crippen molar-refractivity contribution in [1.29, 1.82) is 0 Å². The highest BCUT2D eigenvalue weighted by molar-refractivity contribution is 6.30. The number of hydrogen-bond donors (Lipinski definition) is 1. The third kappa shape index (κ3) is 2.88. The van der Waals surface area contributed by atoms with E-state index >= 15 is 0 Å². The lowest BCUT2D eigenvalue weighted by molar-refractivity contribution is 0.289. The molecule has 0 fully saturated rings. The Bertz CT molecular complexity index is 529. The molecule has 0 saturated heterocycles. The van der Waals surface area contributed by atoms with Gasteiger partial charge in [0.05, 0.1) is 5.02 Å². The SMILES string of the molecule is Oc1ccccc1OCc1ccc(F)c(Cl)c1. The number of benzene rings is 2. The van der Waals surface area contributed by atoms with Crippen LogP contribution in [0, 0.1) is 5.82 Å². The van der Waals surface area contributed by atoms with Gasteiger partial charge in [0.1, 0.15) is 12.4 Å². The Hall–Kier alpha value is -1.74. The van der Waals surface area contributed by atoms with Gasteiger partial charge in [0.15, 0.2) is 11.5 Å². The summed E-state index contributed by atoms with van der Waals surface area (Å²) in [7, 11) is 0. The van der Waals surface area contributed by atoms with Crippen molar-refractivity contribution < 1.29 is 14.2 Å². The molecule has 0 aliphatic heterocycles. The maximum atomic E-state index is 12.9. The minimum Gasteiger partial charge on any atom is -0.504 e. The minimum atomic E-state index is -0.460. The highest BCUT2D eigenvalue weighted by Gasteiger charge is 2.03. The van der Waals surface area contributed by atoms with Crippen LogP contribution < -0.4 is 4.74 Å². The highest BCUT2D eigenvalue weighted by atomic mass is 35.5. The first-order valence-electron chi connectivity index (χ1n) is 5.01. The second kappa shape index (κ2) is 5.06. The summed E-state index contributed by atoms with van der Waals surface area (Å²) in [5, 5.41) is 9.53. The predicted molar refractivity (Wildman–Crippen MR) is 63.8 cm³/mol. The molecule has 2 aromatic carbocycles. The van der Waals surface area contributed by atoms with Crippen LogP contribution in [0.1, 0.15) is 5.56 Å². The molecule has 17 heavy (non-hydrogen) atoms. The van der Waals surface area contributed by atoms with E-state index in [1.165, 1.54) is 18.2 Å². The van der Waals surface area contributed by atoms with Gasteiger partial charge in [-0.15, -0.1) is 0 Å². The molecule has 4 heteroatoms. The van der Waals surface area contributed by atoms with Crippen molar-refractivity contribution >= 4 is 11.6 Å². The highest BCUT2D eigenvalue weighted by Crippen LogP contribution is 2.25. The molecule has 0 aliphatic carbocycles. The number of rotatable bonds is 3. The fourth-order valence-corrected chi connectivity index (χ4v) is 1.57. The second-order valence-electron chi connectivity index (χ2n) is 3.50. The summed E-state index contributed by atoms with van der Waals surface area (Å²) in [5.41, 5.74) is 0.736. The summed E-state index contributed by atoms with van der Waals surface area (Å²) in [6.45, 7) is 0.220. The van der Waals surface area contributed by atoms with E-state index in [1.54, 1.807) is 24.3 Å². The number of phenolic OH excluding ortho intramolecular Hbond substituents is 1. The van der Waals surface area contributed by atoms with Gasteiger partial charge in [-0.2, -0.15) is 0 Å². The van der Waals surface area contributed by atoms with Crippen molar-refractivity contribution in [1.82, 2.24) is 0 Å². The summed E-state index contributed by atoms with van der Waals surface area (Å²) < 4.78 is 18.3. The van der Waals surface area contributed by atoms with Gasteiger partial charge >= 0.3 is 0 Å². The Morgan fingerprint density at radius 2 is 1.94 bits per heavy atom. The molecule has 0 saturated carbocycles. The van der Waals surface area contributed by atoms with Crippen molar-refractivity contribution in [2.75, 3.05) is 0 Å². The number of para-hydroxylation sites is 2. The maximum absolute atomic E-state index is 12.9. The Morgan fingerprint density at radius 3 is 2.65 bits per heavy atom. The van der Waals surface area contributed by atoms with Crippen LogP contribution >= 0.6 is 11.6 Å². The molecule has 0 bridgehead atoms. The summed E-state index contributed by atoms with van der Waals surface area (Å²) in [4.78, 5) is 0. The topological polar surface area (TPSA) is 29.5 Å². The molecule has 0 aliphatic rings. The van der Waals surface area contributed by atoms with Gasteiger partial charge < -0.3 is 9.84 Å². The fraction of sp³-hybridized carbons (Fsp3) is 0.0769. The lowest BCUT2D eigenvalue weighted by Gasteiger charge is -2.08. The Kier molecular flexibility index (Phi) is 3.49. The molecule has 0 amide bonds.